The first-order chi connectivity index (χ1) is 17.4. The molecule has 1 atom stereocenters. The van der Waals surface area contributed by atoms with Gasteiger partial charge >= 0.3 is 0 Å². The summed E-state index contributed by atoms with van der Waals surface area (Å²) in [6.45, 7) is 1.47. The predicted molar refractivity (Wildman–Crippen MR) is 139 cm³/mol. The van der Waals surface area contributed by atoms with E-state index in [0.717, 1.165) is 11.3 Å². The van der Waals surface area contributed by atoms with Gasteiger partial charge in [-0.15, -0.1) is 0 Å². The normalized spacial score (nSPS) is 11.6. The van der Waals surface area contributed by atoms with Gasteiger partial charge in [-0.25, -0.2) is 4.98 Å². The van der Waals surface area contributed by atoms with Crippen LogP contribution in [0.25, 0.3) is 16.9 Å². The molecule has 1 aromatic heterocycles. The van der Waals surface area contributed by atoms with E-state index < -0.39 is 11.0 Å². The molecule has 9 heteroatoms. The first kappa shape index (κ1) is 24.9. The number of carbonyl (C=O) groups excluding carboxylic acids is 2. The van der Waals surface area contributed by atoms with Gasteiger partial charge in [0.25, 0.3) is 5.69 Å². The number of benzene rings is 3. The largest absolute Gasteiger partial charge is 0.345 e. The summed E-state index contributed by atoms with van der Waals surface area (Å²) in [5, 5.41) is 14.6. The smallest absolute Gasteiger partial charge is 0.270 e. The lowest BCUT2D eigenvalue weighted by atomic mass is 10.0. The van der Waals surface area contributed by atoms with Crippen molar-refractivity contribution in [3.63, 3.8) is 0 Å². The molecule has 1 heterocycles. The average molecular weight is 501 g/mol. The molecule has 0 spiro atoms. The second-order valence-electron chi connectivity index (χ2n) is 8.13. The number of nitro benzene ring substituents is 1. The van der Waals surface area contributed by atoms with Crippen LogP contribution in [-0.4, -0.2) is 38.0 Å². The number of ketones is 1. The topological polar surface area (TPSA) is 107 Å². The summed E-state index contributed by atoms with van der Waals surface area (Å²) in [6.07, 6.45) is 2.21. The molecular formula is C27H24N4O4S. The zero-order valence-electron chi connectivity index (χ0n) is 19.5. The van der Waals surface area contributed by atoms with Crippen LogP contribution in [0.3, 0.4) is 0 Å². The predicted octanol–water partition coefficient (Wildman–Crippen LogP) is 4.86. The lowest BCUT2D eigenvalue weighted by Crippen LogP contribution is -2.42. The number of Topliss-reactive ketones (excluding diaryl/α,β-unsaturated/α-hetero) is 1. The van der Waals surface area contributed by atoms with Gasteiger partial charge in [-0.1, -0.05) is 72.4 Å². The van der Waals surface area contributed by atoms with Crippen LogP contribution in [0.4, 0.5) is 5.69 Å². The van der Waals surface area contributed by atoms with E-state index in [2.05, 4.69) is 10.3 Å². The minimum atomic E-state index is -0.616. The Morgan fingerprint density at radius 2 is 1.72 bits per heavy atom. The maximum Gasteiger partial charge on any atom is 0.270 e. The minimum Gasteiger partial charge on any atom is -0.345 e. The van der Waals surface area contributed by atoms with Crippen molar-refractivity contribution in [2.45, 2.75) is 24.5 Å². The molecule has 36 heavy (non-hydrogen) atoms. The van der Waals surface area contributed by atoms with Crippen LogP contribution in [0, 0.1) is 10.1 Å². The number of para-hydroxylation sites is 1. The maximum absolute atomic E-state index is 12.8. The van der Waals surface area contributed by atoms with Gasteiger partial charge in [0.15, 0.2) is 10.9 Å². The molecule has 8 nitrogen and oxygen atoms in total. The fourth-order valence-corrected chi connectivity index (χ4v) is 4.47. The van der Waals surface area contributed by atoms with Gasteiger partial charge in [0.05, 0.1) is 22.4 Å². The maximum atomic E-state index is 12.8. The van der Waals surface area contributed by atoms with E-state index in [1.165, 1.54) is 30.8 Å². The van der Waals surface area contributed by atoms with Crippen molar-refractivity contribution in [2.24, 2.45) is 0 Å². The Morgan fingerprint density at radius 3 is 2.39 bits per heavy atom. The van der Waals surface area contributed by atoms with Gasteiger partial charge in [-0.05, 0) is 31.0 Å². The first-order valence-electron chi connectivity index (χ1n) is 11.3. The minimum absolute atomic E-state index is 0.0240. The number of nitrogens with zero attached hydrogens (tertiary/aromatic N) is 3. The zero-order chi connectivity index (χ0) is 25.5. The third-order valence-electron chi connectivity index (χ3n) is 5.50. The summed E-state index contributed by atoms with van der Waals surface area (Å²) in [6, 6.07) is 24.7. The molecule has 0 radical (unpaired) electrons. The summed E-state index contributed by atoms with van der Waals surface area (Å²) in [5.74, 6) is -0.344. The fraction of sp³-hybridized carbons (Fsp3) is 0.148. The monoisotopic (exact) mass is 500 g/mol. The van der Waals surface area contributed by atoms with Crippen LogP contribution in [0.1, 0.15) is 12.5 Å². The van der Waals surface area contributed by atoms with Gasteiger partial charge in [0.2, 0.25) is 5.91 Å². The van der Waals surface area contributed by atoms with Crippen LogP contribution in [0.2, 0.25) is 0 Å². The number of non-ortho nitro benzene ring substituents is 1. The van der Waals surface area contributed by atoms with Crippen molar-refractivity contribution in [3.05, 3.63) is 107 Å². The van der Waals surface area contributed by atoms with Gasteiger partial charge in [-0.3, -0.25) is 24.3 Å². The van der Waals surface area contributed by atoms with E-state index in [-0.39, 0.29) is 23.1 Å². The molecule has 0 fully saturated rings. The van der Waals surface area contributed by atoms with Crippen LogP contribution in [-0.2, 0) is 16.0 Å². The lowest BCUT2D eigenvalue weighted by Gasteiger charge is -2.16. The van der Waals surface area contributed by atoms with Crippen LogP contribution >= 0.6 is 11.8 Å². The molecule has 0 unspecified atom stereocenters. The summed E-state index contributed by atoms with van der Waals surface area (Å²) in [7, 11) is 0. The number of carbonyl (C=O) groups is 2. The van der Waals surface area contributed by atoms with E-state index in [1.54, 1.807) is 18.3 Å². The van der Waals surface area contributed by atoms with Crippen molar-refractivity contribution in [1.29, 1.82) is 0 Å². The van der Waals surface area contributed by atoms with E-state index in [4.69, 9.17) is 0 Å². The molecule has 0 saturated carbocycles. The number of amides is 1. The second kappa shape index (κ2) is 11.5. The van der Waals surface area contributed by atoms with Crippen molar-refractivity contribution < 1.29 is 14.5 Å². The molecule has 0 bridgehead atoms. The molecule has 3 aromatic carbocycles. The fourth-order valence-electron chi connectivity index (χ4n) is 3.67. The number of hydrogen-bond acceptors (Lipinski definition) is 6. The number of imidazole rings is 1. The molecule has 4 aromatic rings. The molecular weight excluding hydrogens is 476 g/mol. The lowest BCUT2D eigenvalue weighted by molar-refractivity contribution is -0.384. The van der Waals surface area contributed by atoms with E-state index >= 15 is 0 Å². The summed E-state index contributed by atoms with van der Waals surface area (Å²) in [5.41, 5.74) is 2.94. The summed E-state index contributed by atoms with van der Waals surface area (Å²) < 4.78 is 1.85. The second-order valence-corrected chi connectivity index (χ2v) is 9.07. The highest BCUT2D eigenvalue weighted by Crippen LogP contribution is 2.29. The Balaban J connectivity index is 1.53. The van der Waals surface area contributed by atoms with Crippen LogP contribution in [0.15, 0.2) is 96.3 Å². The molecule has 0 aliphatic rings. The number of aromatic nitrogens is 2. The number of nitro groups is 1. The van der Waals surface area contributed by atoms with Gasteiger partial charge in [0.1, 0.15) is 0 Å². The third-order valence-corrected chi connectivity index (χ3v) is 6.45. The van der Waals surface area contributed by atoms with Crippen molar-refractivity contribution >= 4 is 29.1 Å². The zero-order valence-corrected chi connectivity index (χ0v) is 20.4. The Morgan fingerprint density at radius 1 is 1.03 bits per heavy atom. The molecule has 1 amide bonds. The molecule has 4 rings (SSSR count). The molecule has 0 saturated heterocycles. The van der Waals surface area contributed by atoms with E-state index in [0.29, 0.717) is 22.8 Å². The third kappa shape index (κ3) is 6.25. The summed E-state index contributed by atoms with van der Waals surface area (Å²) >= 11 is 1.23. The van der Waals surface area contributed by atoms with Gasteiger partial charge in [-0.2, -0.15) is 0 Å². The highest BCUT2D eigenvalue weighted by atomic mass is 32.2. The molecule has 182 valence electrons. The Kier molecular flexibility index (Phi) is 7.92. The number of rotatable bonds is 10. The highest BCUT2D eigenvalue weighted by molar-refractivity contribution is 7.99. The van der Waals surface area contributed by atoms with Crippen LogP contribution in [0.5, 0.6) is 0 Å². The highest BCUT2D eigenvalue weighted by Gasteiger charge is 2.20. The quantitative estimate of drug-likeness (QED) is 0.189. The number of hydrogen-bond donors (Lipinski definition) is 1. The average Bonchev–Trinajstić information content (AvgIpc) is 3.32. The van der Waals surface area contributed by atoms with Crippen molar-refractivity contribution in [3.8, 4) is 16.9 Å². The van der Waals surface area contributed by atoms with Gasteiger partial charge in [0, 0.05) is 29.6 Å². The molecule has 0 aliphatic carbocycles. The van der Waals surface area contributed by atoms with Crippen molar-refractivity contribution in [2.75, 3.05) is 5.75 Å². The van der Waals surface area contributed by atoms with E-state index in [9.17, 15) is 19.7 Å². The standard InChI is InChI=1S/C27H24N4O4S/c1-19(32)24(15-20-9-4-2-5-10-20)28-26(33)18-36-27-29-25(17-30(27)22-12-6-3-7-13-22)21-11-8-14-23(16-21)31(34)35/h2-14,16-17,24H,15,18H2,1H3,(H,28,33)/t24-/m0/s1. The SMILES string of the molecule is CC(=O)[C@H](Cc1ccccc1)NC(=O)CSc1nc(-c2cccc([N+](=O)[O-])c2)cn1-c1ccccc1. The Hall–Kier alpha value is -4.24. The first-order valence-corrected chi connectivity index (χ1v) is 12.3. The molecule has 0 aliphatic heterocycles. The Bertz CT molecular complexity index is 1370. The summed E-state index contributed by atoms with van der Waals surface area (Å²) in [4.78, 5) is 40.4. The molecule has 1 N–H and O–H groups in total. The number of thioether (sulfide) groups is 1. The van der Waals surface area contributed by atoms with Gasteiger partial charge < -0.3 is 5.32 Å². The van der Waals surface area contributed by atoms with Crippen LogP contribution < -0.4 is 5.32 Å². The van der Waals surface area contributed by atoms with Crippen molar-refractivity contribution in [1.82, 2.24) is 14.9 Å². The number of nitrogens with one attached hydrogen (secondary N) is 1. The Labute approximate surface area is 212 Å². The van der Waals surface area contributed by atoms with E-state index in [1.807, 2.05) is 65.2 Å².